The Morgan fingerprint density at radius 2 is 1.80 bits per heavy atom. The molecule has 2 N–H and O–H groups in total. The molecular formula is C15H21NO4. The molecule has 0 bridgehead atoms. The molecule has 0 fully saturated rings. The first kappa shape index (κ1) is 16.2. The van der Waals surface area contributed by atoms with Crippen molar-refractivity contribution < 1.29 is 19.7 Å². The van der Waals surface area contributed by atoms with Gasteiger partial charge in [0.25, 0.3) is 0 Å². The Morgan fingerprint density at radius 3 is 2.30 bits per heavy atom. The molecule has 20 heavy (non-hydrogen) atoms. The van der Waals surface area contributed by atoms with Gasteiger partial charge in [0, 0.05) is 19.2 Å². The Morgan fingerprint density at radius 1 is 1.20 bits per heavy atom. The van der Waals surface area contributed by atoms with E-state index in [9.17, 15) is 4.79 Å². The Hall–Kier alpha value is -1.85. The highest BCUT2D eigenvalue weighted by Crippen LogP contribution is 2.13. The van der Waals surface area contributed by atoms with E-state index in [2.05, 4.69) is 0 Å². The maximum absolute atomic E-state index is 11.9. The van der Waals surface area contributed by atoms with Crippen LogP contribution in [0.3, 0.4) is 0 Å². The van der Waals surface area contributed by atoms with Gasteiger partial charge in [-0.25, -0.2) is 0 Å². The van der Waals surface area contributed by atoms with Gasteiger partial charge >= 0.3 is 0 Å². The van der Waals surface area contributed by atoms with Gasteiger partial charge in [0.05, 0.1) is 19.8 Å². The van der Waals surface area contributed by atoms with Gasteiger partial charge in [-0.1, -0.05) is 12.1 Å². The number of amides is 1. The number of rotatable bonds is 8. The van der Waals surface area contributed by atoms with Gasteiger partial charge < -0.3 is 19.8 Å². The van der Waals surface area contributed by atoms with E-state index in [4.69, 9.17) is 14.9 Å². The van der Waals surface area contributed by atoms with Gasteiger partial charge in [0.2, 0.25) is 5.91 Å². The Balaban J connectivity index is 2.63. The zero-order chi connectivity index (χ0) is 14.8. The maximum Gasteiger partial charge on any atom is 0.246 e. The number of aliphatic hydroxyl groups excluding tert-OH is 2. The predicted octanol–water partition coefficient (Wildman–Crippen LogP) is 0.912. The third-order valence-corrected chi connectivity index (χ3v) is 2.66. The fraction of sp³-hybridized carbons (Fsp3) is 0.400. The zero-order valence-corrected chi connectivity index (χ0v) is 11.7. The molecule has 0 radical (unpaired) electrons. The van der Waals surface area contributed by atoms with E-state index in [-0.39, 0.29) is 32.2 Å². The van der Waals surface area contributed by atoms with Gasteiger partial charge in [0.1, 0.15) is 5.75 Å². The number of carbonyl (C=O) groups excluding carboxylic acids is 1. The first-order valence-electron chi connectivity index (χ1n) is 6.62. The molecule has 1 aromatic rings. The second-order valence-electron chi connectivity index (χ2n) is 4.11. The molecular weight excluding hydrogens is 258 g/mol. The van der Waals surface area contributed by atoms with E-state index in [1.54, 1.807) is 6.08 Å². The molecule has 0 saturated heterocycles. The van der Waals surface area contributed by atoms with Crippen molar-refractivity contribution in [2.24, 2.45) is 0 Å². The maximum atomic E-state index is 11.9. The molecule has 0 aliphatic carbocycles. The smallest absolute Gasteiger partial charge is 0.246 e. The molecule has 0 heterocycles. The van der Waals surface area contributed by atoms with Crippen molar-refractivity contribution in [3.63, 3.8) is 0 Å². The van der Waals surface area contributed by atoms with Crippen LogP contribution < -0.4 is 4.74 Å². The molecule has 110 valence electrons. The highest BCUT2D eigenvalue weighted by molar-refractivity contribution is 5.91. The summed E-state index contributed by atoms with van der Waals surface area (Å²) >= 11 is 0. The highest BCUT2D eigenvalue weighted by Gasteiger charge is 2.08. The highest BCUT2D eigenvalue weighted by atomic mass is 16.5. The number of benzene rings is 1. The third-order valence-electron chi connectivity index (χ3n) is 2.66. The number of nitrogens with zero attached hydrogens (tertiary/aromatic N) is 1. The van der Waals surface area contributed by atoms with Crippen LogP contribution in [0.25, 0.3) is 6.08 Å². The summed E-state index contributed by atoms with van der Waals surface area (Å²) in [4.78, 5) is 13.3. The van der Waals surface area contributed by atoms with Crippen LogP contribution in [0.15, 0.2) is 30.3 Å². The van der Waals surface area contributed by atoms with Crippen molar-refractivity contribution in [1.82, 2.24) is 4.90 Å². The molecule has 1 aromatic carbocycles. The topological polar surface area (TPSA) is 70.0 Å². The van der Waals surface area contributed by atoms with Gasteiger partial charge in [-0.05, 0) is 30.7 Å². The average Bonchev–Trinajstić information content (AvgIpc) is 2.46. The molecule has 1 rings (SSSR count). The Bertz CT molecular complexity index is 422. The minimum Gasteiger partial charge on any atom is -0.494 e. The first-order chi connectivity index (χ1) is 9.71. The van der Waals surface area contributed by atoms with E-state index in [1.807, 2.05) is 31.2 Å². The van der Waals surface area contributed by atoms with Crippen LogP contribution in [0.5, 0.6) is 5.75 Å². The Kier molecular flexibility index (Phi) is 7.39. The summed E-state index contributed by atoms with van der Waals surface area (Å²) in [5.74, 6) is 0.556. The van der Waals surface area contributed by atoms with Crippen LogP contribution in [0.4, 0.5) is 0 Å². The van der Waals surface area contributed by atoms with Crippen molar-refractivity contribution in [1.29, 1.82) is 0 Å². The van der Waals surface area contributed by atoms with E-state index >= 15 is 0 Å². The monoisotopic (exact) mass is 279 g/mol. The van der Waals surface area contributed by atoms with E-state index in [0.717, 1.165) is 11.3 Å². The fourth-order valence-electron chi connectivity index (χ4n) is 1.69. The van der Waals surface area contributed by atoms with Crippen LogP contribution >= 0.6 is 0 Å². The third kappa shape index (κ3) is 5.42. The SMILES string of the molecule is CCOc1ccc(/C=C/C(=O)N(CCO)CCO)cc1. The lowest BCUT2D eigenvalue weighted by atomic mass is 10.2. The predicted molar refractivity (Wildman–Crippen MR) is 77.4 cm³/mol. The van der Waals surface area contributed by atoms with Crippen molar-refractivity contribution in [2.75, 3.05) is 32.9 Å². The summed E-state index contributed by atoms with van der Waals surface area (Å²) in [6.07, 6.45) is 3.13. The standard InChI is InChI=1S/C15H21NO4/c1-2-20-14-6-3-13(4-7-14)5-8-15(19)16(9-11-17)10-12-18/h3-8,17-18H,2,9-12H2,1H3/b8-5+. The minimum atomic E-state index is -0.234. The lowest BCUT2D eigenvalue weighted by molar-refractivity contribution is -0.126. The normalized spacial score (nSPS) is 10.8. The van der Waals surface area contributed by atoms with Crippen molar-refractivity contribution in [3.05, 3.63) is 35.9 Å². The summed E-state index contributed by atoms with van der Waals surface area (Å²) < 4.78 is 5.33. The van der Waals surface area contributed by atoms with Crippen LogP contribution in [-0.2, 0) is 4.79 Å². The van der Waals surface area contributed by atoms with Gasteiger partial charge in [0.15, 0.2) is 0 Å². The second-order valence-corrected chi connectivity index (χ2v) is 4.11. The fourth-order valence-corrected chi connectivity index (χ4v) is 1.69. The summed E-state index contributed by atoms with van der Waals surface area (Å²) in [5.41, 5.74) is 0.884. The number of aliphatic hydroxyl groups is 2. The summed E-state index contributed by atoms with van der Waals surface area (Å²) in [7, 11) is 0. The summed E-state index contributed by atoms with van der Waals surface area (Å²) in [6, 6.07) is 7.40. The average molecular weight is 279 g/mol. The number of hydrogen-bond acceptors (Lipinski definition) is 4. The molecule has 0 atom stereocenters. The molecule has 0 aliphatic heterocycles. The quantitative estimate of drug-likeness (QED) is 0.694. The largest absolute Gasteiger partial charge is 0.494 e. The van der Waals surface area contributed by atoms with Gasteiger partial charge in [-0.3, -0.25) is 4.79 Å². The molecule has 0 unspecified atom stereocenters. The number of carbonyl (C=O) groups is 1. The van der Waals surface area contributed by atoms with Gasteiger partial charge in [-0.2, -0.15) is 0 Å². The summed E-state index contributed by atoms with van der Waals surface area (Å²) in [6.45, 7) is 2.72. The number of ether oxygens (including phenoxy) is 1. The van der Waals surface area contributed by atoms with Crippen LogP contribution in [0.2, 0.25) is 0 Å². The first-order valence-corrected chi connectivity index (χ1v) is 6.62. The molecule has 1 amide bonds. The van der Waals surface area contributed by atoms with Gasteiger partial charge in [-0.15, -0.1) is 0 Å². The van der Waals surface area contributed by atoms with Crippen LogP contribution in [0, 0.1) is 0 Å². The van der Waals surface area contributed by atoms with Crippen LogP contribution in [0.1, 0.15) is 12.5 Å². The van der Waals surface area contributed by atoms with E-state index < -0.39 is 0 Å². The zero-order valence-electron chi connectivity index (χ0n) is 11.7. The summed E-state index contributed by atoms with van der Waals surface area (Å²) in [5, 5.41) is 17.7. The Labute approximate surface area is 119 Å². The van der Waals surface area contributed by atoms with Crippen molar-refractivity contribution >= 4 is 12.0 Å². The molecule has 5 heteroatoms. The lowest BCUT2D eigenvalue weighted by Gasteiger charge is -2.18. The van der Waals surface area contributed by atoms with Crippen LogP contribution in [-0.4, -0.2) is 53.9 Å². The van der Waals surface area contributed by atoms with Crippen molar-refractivity contribution in [3.8, 4) is 5.75 Å². The molecule has 0 aliphatic rings. The molecule has 5 nitrogen and oxygen atoms in total. The minimum absolute atomic E-state index is 0.122. The lowest BCUT2D eigenvalue weighted by Crippen LogP contribution is -2.34. The van der Waals surface area contributed by atoms with Crippen molar-refractivity contribution in [2.45, 2.75) is 6.92 Å². The number of hydrogen-bond donors (Lipinski definition) is 2. The second kappa shape index (κ2) is 9.12. The van der Waals surface area contributed by atoms with E-state index in [0.29, 0.717) is 6.61 Å². The molecule has 0 spiro atoms. The molecule has 0 aromatic heterocycles. The van der Waals surface area contributed by atoms with E-state index in [1.165, 1.54) is 11.0 Å². The molecule has 0 saturated carbocycles.